The Labute approximate surface area is 186 Å². The minimum Gasteiger partial charge on any atom is -0.494 e. The summed E-state index contributed by atoms with van der Waals surface area (Å²) in [6.07, 6.45) is 0. The molecular weight excluding hydrogens is 438 g/mol. The zero-order valence-electron chi connectivity index (χ0n) is 18.4. The summed E-state index contributed by atoms with van der Waals surface area (Å²) in [7, 11) is 3.90. The maximum Gasteiger partial charge on any atom is 0.333 e. The highest BCUT2D eigenvalue weighted by Crippen LogP contribution is 2.37. The van der Waals surface area contributed by atoms with Crippen molar-refractivity contribution in [2.24, 2.45) is 14.1 Å². The number of aromatic hydroxyl groups is 1. The van der Waals surface area contributed by atoms with Gasteiger partial charge in [-0.1, -0.05) is 37.2 Å². The fraction of sp³-hybridized carbons (Fsp3) is 0.350. The van der Waals surface area contributed by atoms with Gasteiger partial charge in [0.15, 0.2) is 17.1 Å². The third kappa shape index (κ3) is 4.35. The van der Waals surface area contributed by atoms with Crippen LogP contribution in [0.25, 0.3) is 0 Å². The second-order valence-corrected chi connectivity index (χ2v) is 8.89. The van der Waals surface area contributed by atoms with Crippen molar-refractivity contribution in [2.75, 3.05) is 12.4 Å². The first kappa shape index (κ1) is 23.0. The Kier molecular flexibility index (Phi) is 6.08. The number of hydrogen-bond acceptors (Lipinski definition) is 9. The summed E-state index contributed by atoms with van der Waals surface area (Å²) in [5, 5.41) is 22.0. The average Bonchev–Trinajstić information content (AvgIpc) is 3.21. The van der Waals surface area contributed by atoms with Gasteiger partial charge in [-0.3, -0.25) is 18.7 Å². The van der Waals surface area contributed by atoms with Crippen LogP contribution in [-0.4, -0.2) is 37.5 Å². The Balaban J connectivity index is 1.87. The molecule has 3 rings (SSSR count). The third-order valence-electron chi connectivity index (χ3n) is 4.53. The molecule has 1 aromatic carbocycles. The molecule has 0 bridgehead atoms. The van der Waals surface area contributed by atoms with E-state index in [0.29, 0.717) is 16.7 Å². The number of carbonyl (C=O) groups is 1. The Hall–Kier alpha value is -3.67. The molecule has 0 spiro atoms. The van der Waals surface area contributed by atoms with Gasteiger partial charge in [-0.25, -0.2) is 4.79 Å². The first-order valence-electron chi connectivity index (χ1n) is 9.44. The lowest BCUT2D eigenvalue weighted by molar-refractivity contribution is 0.102. The molecule has 0 unspecified atom stereocenters. The Morgan fingerprint density at radius 2 is 1.81 bits per heavy atom. The van der Waals surface area contributed by atoms with Crippen LogP contribution in [0.5, 0.6) is 22.6 Å². The molecule has 0 atom stereocenters. The Morgan fingerprint density at radius 1 is 1.12 bits per heavy atom. The molecule has 0 radical (unpaired) electrons. The van der Waals surface area contributed by atoms with Gasteiger partial charge >= 0.3 is 5.69 Å². The highest BCUT2D eigenvalue weighted by Gasteiger charge is 2.23. The highest BCUT2D eigenvalue weighted by atomic mass is 32.1. The van der Waals surface area contributed by atoms with Crippen LogP contribution in [0.3, 0.4) is 0 Å². The fourth-order valence-electron chi connectivity index (χ4n) is 2.70. The van der Waals surface area contributed by atoms with Crippen LogP contribution in [-0.2, 0) is 19.5 Å². The summed E-state index contributed by atoms with van der Waals surface area (Å²) < 4.78 is 12.7. The standard InChI is InChI=1S/C20H23N5O6S/c1-20(2,3)17-22-23-18(32-17)31-11-8-7-10(9-12(11)30-6)21-14(26)13-15(27)24(4)19(29)25(5)16(13)28/h7-9,27H,1-6H3,(H,21,26). The number of amides is 1. The molecule has 3 aromatic rings. The summed E-state index contributed by atoms with van der Waals surface area (Å²) in [5.74, 6) is -0.960. The van der Waals surface area contributed by atoms with Crippen molar-refractivity contribution in [2.45, 2.75) is 26.2 Å². The number of benzene rings is 1. The van der Waals surface area contributed by atoms with Crippen LogP contribution < -0.4 is 26.0 Å². The number of nitrogens with one attached hydrogen (secondary N) is 1. The van der Waals surface area contributed by atoms with Gasteiger partial charge in [0.05, 0.1) is 7.11 Å². The smallest absolute Gasteiger partial charge is 0.333 e. The van der Waals surface area contributed by atoms with Gasteiger partial charge in [0, 0.05) is 31.3 Å². The molecule has 0 fully saturated rings. The SMILES string of the molecule is COc1cc(NC(=O)c2c(O)n(C)c(=O)n(C)c2=O)ccc1Oc1nnc(C(C)(C)C)s1. The molecule has 0 aliphatic rings. The molecule has 0 aliphatic carbocycles. The number of aromatic nitrogens is 4. The van der Waals surface area contributed by atoms with E-state index in [4.69, 9.17) is 9.47 Å². The van der Waals surface area contributed by atoms with Crippen molar-refractivity contribution in [1.82, 2.24) is 19.3 Å². The van der Waals surface area contributed by atoms with Crippen LogP contribution in [0, 0.1) is 0 Å². The first-order valence-corrected chi connectivity index (χ1v) is 10.3. The quantitative estimate of drug-likeness (QED) is 0.588. The molecule has 2 heterocycles. The van der Waals surface area contributed by atoms with E-state index in [1.54, 1.807) is 6.07 Å². The lowest BCUT2D eigenvalue weighted by Gasteiger charge is -2.13. The molecule has 0 aliphatic heterocycles. The van der Waals surface area contributed by atoms with E-state index in [0.717, 1.165) is 14.1 Å². The number of anilines is 1. The van der Waals surface area contributed by atoms with Crippen LogP contribution >= 0.6 is 11.3 Å². The molecule has 32 heavy (non-hydrogen) atoms. The lowest BCUT2D eigenvalue weighted by Crippen LogP contribution is -2.40. The zero-order chi connectivity index (χ0) is 23.8. The van der Waals surface area contributed by atoms with Gasteiger partial charge < -0.3 is 19.9 Å². The normalized spacial score (nSPS) is 11.3. The van der Waals surface area contributed by atoms with Crippen molar-refractivity contribution < 1.29 is 19.4 Å². The van der Waals surface area contributed by atoms with Crippen molar-refractivity contribution in [1.29, 1.82) is 0 Å². The number of hydrogen-bond donors (Lipinski definition) is 2. The summed E-state index contributed by atoms with van der Waals surface area (Å²) in [6, 6.07) is 4.58. The van der Waals surface area contributed by atoms with Crippen LogP contribution in [0.2, 0.25) is 0 Å². The largest absolute Gasteiger partial charge is 0.494 e. The maximum absolute atomic E-state index is 12.7. The van der Waals surface area contributed by atoms with E-state index in [1.807, 2.05) is 20.8 Å². The topological polar surface area (TPSA) is 138 Å². The Morgan fingerprint density at radius 3 is 2.41 bits per heavy atom. The van der Waals surface area contributed by atoms with E-state index >= 15 is 0 Å². The van der Waals surface area contributed by atoms with Gasteiger partial charge in [-0.05, 0) is 12.1 Å². The predicted octanol–water partition coefficient (Wildman–Crippen LogP) is 1.99. The molecule has 0 saturated carbocycles. The van der Waals surface area contributed by atoms with Gasteiger partial charge in [0.25, 0.3) is 16.7 Å². The van der Waals surface area contributed by atoms with Crippen LogP contribution in [0.1, 0.15) is 36.1 Å². The van der Waals surface area contributed by atoms with Gasteiger partial charge in [0.2, 0.25) is 5.88 Å². The highest BCUT2D eigenvalue weighted by molar-refractivity contribution is 7.13. The summed E-state index contributed by atoms with van der Waals surface area (Å²) in [5.41, 5.74) is -2.11. The summed E-state index contributed by atoms with van der Waals surface area (Å²) >= 11 is 1.31. The maximum atomic E-state index is 12.7. The van der Waals surface area contributed by atoms with E-state index in [1.165, 1.54) is 44.7 Å². The second-order valence-electron chi connectivity index (χ2n) is 7.95. The molecule has 170 valence electrons. The van der Waals surface area contributed by atoms with E-state index in [2.05, 4.69) is 15.5 Å². The van der Waals surface area contributed by atoms with Gasteiger partial charge in [0.1, 0.15) is 5.01 Å². The number of carbonyl (C=O) groups excluding carboxylic acids is 1. The van der Waals surface area contributed by atoms with Crippen molar-refractivity contribution >= 4 is 22.9 Å². The number of rotatable bonds is 5. The number of methoxy groups -OCH3 is 1. The van der Waals surface area contributed by atoms with Crippen molar-refractivity contribution in [3.63, 3.8) is 0 Å². The molecule has 0 saturated heterocycles. The number of nitrogens with zero attached hydrogens (tertiary/aromatic N) is 4. The minimum atomic E-state index is -0.916. The molecule has 1 amide bonds. The van der Waals surface area contributed by atoms with E-state index in [9.17, 15) is 19.5 Å². The summed E-state index contributed by atoms with van der Waals surface area (Å²) in [4.78, 5) is 36.8. The zero-order valence-corrected chi connectivity index (χ0v) is 19.2. The van der Waals surface area contributed by atoms with Crippen LogP contribution in [0.15, 0.2) is 27.8 Å². The second kappa shape index (κ2) is 8.46. The Bertz CT molecular complexity index is 1300. The summed E-state index contributed by atoms with van der Waals surface area (Å²) in [6.45, 7) is 6.06. The van der Waals surface area contributed by atoms with Crippen molar-refractivity contribution in [3.05, 3.63) is 49.6 Å². The molecule has 11 nitrogen and oxygen atoms in total. The molecule has 2 N–H and O–H groups in total. The fourth-order valence-corrected chi connectivity index (χ4v) is 3.47. The molecular formula is C20H23N5O6S. The first-order chi connectivity index (χ1) is 14.9. The molecule has 2 aromatic heterocycles. The third-order valence-corrected chi connectivity index (χ3v) is 5.75. The average molecular weight is 462 g/mol. The van der Waals surface area contributed by atoms with Gasteiger partial charge in [-0.15, -0.1) is 5.10 Å². The number of ether oxygens (including phenoxy) is 2. The van der Waals surface area contributed by atoms with Crippen molar-refractivity contribution in [3.8, 4) is 22.6 Å². The van der Waals surface area contributed by atoms with E-state index < -0.39 is 28.6 Å². The molecule has 12 heteroatoms. The predicted molar refractivity (Wildman–Crippen MR) is 118 cm³/mol. The lowest BCUT2D eigenvalue weighted by atomic mass is 9.98. The minimum absolute atomic E-state index is 0.166. The van der Waals surface area contributed by atoms with E-state index in [-0.39, 0.29) is 11.1 Å². The van der Waals surface area contributed by atoms with Crippen LogP contribution in [0.4, 0.5) is 5.69 Å². The monoisotopic (exact) mass is 461 g/mol. The van der Waals surface area contributed by atoms with Gasteiger partial charge in [-0.2, -0.15) is 0 Å².